The fraction of sp³-hybridized carbons (Fsp3) is 0.235. The van der Waals surface area contributed by atoms with Crippen LogP contribution in [-0.4, -0.2) is 33.9 Å². The van der Waals surface area contributed by atoms with Crippen LogP contribution in [0.3, 0.4) is 0 Å². The van der Waals surface area contributed by atoms with Gasteiger partial charge in [-0.15, -0.1) is 0 Å². The zero-order valence-corrected chi connectivity index (χ0v) is 12.5. The molecule has 108 valence electrons. The Morgan fingerprint density at radius 3 is 2.57 bits per heavy atom. The molecule has 4 nitrogen and oxygen atoms in total. The van der Waals surface area contributed by atoms with E-state index in [1.165, 1.54) is 4.73 Å². The highest BCUT2D eigenvalue weighted by molar-refractivity contribution is 5.95. The average molecular weight is 281 g/mol. The van der Waals surface area contributed by atoms with Crippen LogP contribution in [-0.2, 0) is 6.54 Å². The van der Waals surface area contributed by atoms with Gasteiger partial charge >= 0.3 is 0 Å². The second-order valence-corrected chi connectivity index (χ2v) is 5.54. The van der Waals surface area contributed by atoms with E-state index in [2.05, 4.69) is 23.2 Å². The van der Waals surface area contributed by atoms with Crippen molar-refractivity contribution in [2.45, 2.75) is 13.5 Å². The Morgan fingerprint density at radius 1 is 1.10 bits per heavy atom. The first kappa shape index (κ1) is 13.6. The van der Waals surface area contributed by atoms with Crippen molar-refractivity contribution in [3.63, 3.8) is 0 Å². The van der Waals surface area contributed by atoms with Crippen LogP contribution < -0.4 is 0 Å². The molecule has 21 heavy (non-hydrogen) atoms. The molecule has 0 atom stereocenters. The summed E-state index contributed by atoms with van der Waals surface area (Å²) in [5, 5.41) is 12.7. The van der Waals surface area contributed by atoms with E-state index in [0.717, 1.165) is 27.7 Å². The lowest BCUT2D eigenvalue weighted by atomic mass is 10.0. The highest BCUT2D eigenvalue weighted by Gasteiger charge is 2.17. The van der Waals surface area contributed by atoms with Gasteiger partial charge in [-0.2, -0.15) is 4.73 Å². The third-order valence-electron chi connectivity index (χ3n) is 3.64. The van der Waals surface area contributed by atoms with Crippen molar-refractivity contribution < 1.29 is 5.21 Å². The molecule has 0 saturated heterocycles. The lowest BCUT2D eigenvalue weighted by molar-refractivity contribution is 0.172. The number of benzene rings is 2. The number of nitrogens with zero attached hydrogens (tertiary/aromatic N) is 3. The van der Waals surface area contributed by atoms with Gasteiger partial charge in [-0.25, -0.2) is 4.98 Å². The summed E-state index contributed by atoms with van der Waals surface area (Å²) in [4.78, 5) is 6.59. The smallest absolute Gasteiger partial charge is 0.176 e. The molecule has 3 rings (SSSR count). The van der Waals surface area contributed by atoms with Gasteiger partial charge < -0.3 is 10.1 Å². The maximum Gasteiger partial charge on any atom is 0.176 e. The van der Waals surface area contributed by atoms with E-state index >= 15 is 0 Å². The number of aryl methyl sites for hydroxylation is 1. The van der Waals surface area contributed by atoms with E-state index in [0.29, 0.717) is 12.4 Å². The molecule has 0 bridgehead atoms. The van der Waals surface area contributed by atoms with Crippen molar-refractivity contribution in [1.82, 2.24) is 14.6 Å². The zero-order chi connectivity index (χ0) is 15.0. The average Bonchev–Trinajstić information content (AvgIpc) is 2.74. The standard InChI is InChI=1S/C17H19N3O/c1-12-16(11-19(2)3)20(21)17(18-12)15-10-6-8-13-7-4-5-9-14(13)15/h4-10,21H,11H2,1-3H3. The van der Waals surface area contributed by atoms with E-state index < -0.39 is 0 Å². The van der Waals surface area contributed by atoms with E-state index in [4.69, 9.17) is 0 Å². The van der Waals surface area contributed by atoms with Gasteiger partial charge in [0.15, 0.2) is 5.82 Å². The fourth-order valence-corrected chi connectivity index (χ4v) is 2.63. The molecule has 0 radical (unpaired) electrons. The maximum atomic E-state index is 10.5. The number of aromatic nitrogens is 2. The highest BCUT2D eigenvalue weighted by atomic mass is 16.5. The van der Waals surface area contributed by atoms with Crippen LogP contribution in [0.15, 0.2) is 42.5 Å². The molecule has 0 amide bonds. The predicted octanol–water partition coefficient (Wildman–Crippen LogP) is 3.31. The molecule has 0 saturated carbocycles. The summed E-state index contributed by atoms with van der Waals surface area (Å²) in [6.45, 7) is 2.58. The Bertz CT molecular complexity index is 785. The van der Waals surface area contributed by atoms with E-state index in [1.807, 2.05) is 50.2 Å². The minimum Gasteiger partial charge on any atom is -0.427 e. The van der Waals surface area contributed by atoms with Crippen LogP contribution in [0.25, 0.3) is 22.2 Å². The Labute approximate surface area is 124 Å². The summed E-state index contributed by atoms with van der Waals surface area (Å²) >= 11 is 0. The van der Waals surface area contributed by atoms with Crippen LogP contribution in [0, 0.1) is 6.92 Å². The number of hydrogen-bond acceptors (Lipinski definition) is 3. The van der Waals surface area contributed by atoms with E-state index in [9.17, 15) is 5.21 Å². The van der Waals surface area contributed by atoms with Gasteiger partial charge in [0.2, 0.25) is 0 Å². The van der Waals surface area contributed by atoms with Crippen molar-refractivity contribution in [3.05, 3.63) is 53.9 Å². The molecule has 0 fully saturated rings. The normalized spacial score (nSPS) is 11.4. The summed E-state index contributed by atoms with van der Waals surface area (Å²) in [6.07, 6.45) is 0. The second-order valence-electron chi connectivity index (χ2n) is 5.54. The molecular formula is C17H19N3O. The predicted molar refractivity (Wildman–Crippen MR) is 84.5 cm³/mol. The monoisotopic (exact) mass is 281 g/mol. The first-order valence-corrected chi connectivity index (χ1v) is 6.98. The third-order valence-corrected chi connectivity index (χ3v) is 3.64. The summed E-state index contributed by atoms with van der Waals surface area (Å²) < 4.78 is 1.22. The Balaban J connectivity index is 2.20. The Kier molecular flexibility index (Phi) is 3.39. The summed E-state index contributed by atoms with van der Waals surface area (Å²) in [5.74, 6) is 0.598. The van der Waals surface area contributed by atoms with Gasteiger partial charge in [-0.05, 0) is 31.8 Å². The summed E-state index contributed by atoms with van der Waals surface area (Å²) in [5.41, 5.74) is 2.63. The molecule has 0 aliphatic rings. The van der Waals surface area contributed by atoms with Crippen LogP contribution in [0.1, 0.15) is 11.4 Å². The van der Waals surface area contributed by atoms with Crippen molar-refractivity contribution in [1.29, 1.82) is 0 Å². The Morgan fingerprint density at radius 2 is 1.81 bits per heavy atom. The van der Waals surface area contributed by atoms with E-state index in [-0.39, 0.29) is 0 Å². The quantitative estimate of drug-likeness (QED) is 0.749. The number of imidazole rings is 1. The highest BCUT2D eigenvalue weighted by Crippen LogP contribution is 2.29. The molecule has 0 aliphatic heterocycles. The molecule has 1 heterocycles. The number of rotatable bonds is 3. The first-order chi connectivity index (χ1) is 10.1. The van der Waals surface area contributed by atoms with Crippen LogP contribution in [0.2, 0.25) is 0 Å². The summed E-state index contributed by atoms with van der Waals surface area (Å²) in [6, 6.07) is 14.2. The molecule has 1 aromatic heterocycles. The minimum absolute atomic E-state index is 0.598. The molecule has 0 spiro atoms. The van der Waals surface area contributed by atoms with Gasteiger partial charge in [0.05, 0.1) is 11.4 Å². The van der Waals surface area contributed by atoms with Crippen molar-refractivity contribution in [2.75, 3.05) is 14.1 Å². The van der Waals surface area contributed by atoms with Gasteiger partial charge in [-0.1, -0.05) is 42.5 Å². The van der Waals surface area contributed by atoms with Crippen LogP contribution >= 0.6 is 0 Å². The molecule has 3 aromatic rings. The SMILES string of the molecule is Cc1nc(-c2cccc3ccccc23)n(O)c1CN(C)C. The lowest BCUT2D eigenvalue weighted by Gasteiger charge is -2.11. The molecule has 0 aliphatic carbocycles. The van der Waals surface area contributed by atoms with Gasteiger partial charge in [0.1, 0.15) is 0 Å². The molecule has 1 N–H and O–H groups in total. The number of fused-ring (bicyclic) bond motifs is 1. The molecule has 2 aromatic carbocycles. The Hall–Kier alpha value is -2.33. The molecule has 0 unspecified atom stereocenters. The van der Waals surface area contributed by atoms with Crippen molar-refractivity contribution in [3.8, 4) is 11.4 Å². The zero-order valence-electron chi connectivity index (χ0n) is 12.5. The molecule has 4 heteroatoms. The lowest BCUT2D eigenvalue weighted by Crippen LogP contribution is -2.14. The topological polar surface area (TPSA) is 41.3 Å². The largest absolute Gasteiger partial charge is 0.427 e. The number of hydrogen-bond donors (Lipinski definition) is 1. The third kappa shape index (κ3) is 2.38. The molecular weight excluding hydrogens is 262 g/mol. The maximum absolute atomic E-state index is 10.5. The second kappa shape index (κ2) is 5.22. The van der Waals surface area contributed by atoms with E-state index in [1.54, 1.807) is 0 Å². The van der Waals surface area contributed by atoms with Crippen molar-refractivity contribution in [2.24, 2.45) is 0 Å². The summed E-state index contributed by atoms with van der Waals surface area (Å²) in [7, 11) is 3.95. The van der Waals surface area contributed by atoms with Gasteiger partial charge in [-0.3, -0.25) is 0 Å². The van der Waals surface area contributed by atoms with Gasteiger partial charge in [0.25, 0.3) is 0 Å². The fourth-order valence-electron chi connectivity index (χ4n) is 2.63. The van der Waals surface area contributed by atoms with Crippen LogP contribution in [0.5, 0.6) is 0 Å². The van der Waals surface area contributed by atoms with Crippen molar-refractivity contribution >= 4 is 10.8 Å². The van der Waals surface area contributed by atoms with Gasteiger partial charge in [0, 0.05) is 12.1 Å². The minimum atomic E-state index is 0.598. The first-order valence-electron chi connectivity index (χ1n) is 6.98. The van der Waals surface area contributed by atoms with Crippen LogP contribution in [0.4, 0.5) is 0 Å².